The van der Waals surface area contributed by atoms with Crippen LogP contribution < -0.4 is 4.72 Å². The Labute approximate surface area is 115 Å². The maximum Gasteiger partial charge on any atom is 0.340 e. The van der Waals surface area contributed by atoms with E-state index in [-0.39, 0.29) is 0 Å². The molecule has 0 aromatic heterocycles. The van der Waals surface area contributed by atoms with Crippen molar-refractivity contribution in [3.8, 4) is 0 Å². The summed E-state index contributed by atoms with van der Waals surface area (Å²) in [6.07, 6.45) is 0.868. The third kappa shape index (κ3) is 4.78. The Morgan fingerprint density at radius 3 is 2.35 bits per heavy atom. The van der Waals surface area contributed by atoms with Gasteiger partial charge < -0.3 is 5.11 Å². The molecule has 0 spiro atoms. The van der Waals surface area contributed by atoms with Crippen LogP contribution in [0.3, 0.4) is 0 Å². The highest BCUT2D eigenvalue weighted by atomic mass is 32.2. The molecule has 1 aromatic carbocycles. The molecule has 0 atom stereocenters. The molecule has 0 aliphatic heterocycles. The van der Waals surface area contributed by atoms with Crippen molar-refractivity contribution in [1.82, 2.24) is 0 Å². The van der Waals surface area contributed by atoms with Crippen molar-refractivity contribution in [3.63, 3.8) is 0 Å². The van der Waals surface area contributed by atoms with Crippen LogP contribution in [-0.2, 0) is 19.9 Å². The maximum atomic E-state index is 13.3. The van der Waals surface area contributed by atoms with Gasteiger partial charge in [0.2, 0.25) is 10.0 Å². The number of hydrogen-bond donors (Lipinski definition) is 2. The summed E-state index contributed by atoms with van der Waals surface area (Å²) in [6, 6.07) is 3.08. The van der Waals surface area contributed by atoms with Gasteiger partial charge in [-0.2, -0.15) is 0 Å². The number of anilines is 1. The van der Waals surface area contributed by atoms with Gasteiger partial charge in [0.15, 0.2) is 0 Å². The minimum Gasteiger partial charge on any atom is -0.478 e. The number of carboxylic acids is 1. The minimum absolute atomic E-state index is 0.453. The Kier molecular flexibility index (Phi) is 4.71. The second-order valence-corrected chi connectivity index (χ2v) is 8.12. The number of nitrogens with one attached hydrogen (secondary N) is 1. The number of sulfone groups is 1. The molecule has 0 aliphatic carbocycles. The summed E-state index contributed by atoms with van der Waals surface area (Å²) < 4.78 is 60.3. The van der Waals surface area contributed by atoms with E-state index in [0.717, 1.165) is 24.5 Å². The Balaban J connectivity index is 3.05. The third-order valence-electron chi connectivity index (χ3n) is 2.22. The molecule has 1 aromatic rings. The van der Waals surface area contributed by atoms with E-state index in [4.69, 9.17) is 5.11 Å². The maximum absolute atomic E-state index is 13.3. The van der Waals surface area contributed by atoms with E-state index in [1.807, 2.05) is 4.72 Å². The van der Waals surface area contributed by atoms with Crippen molar-refractivity contribution in [2.24, 2.45) is 0 Å². The molecule has 0 fully saturated rings. The molecule has 0 aliphatic rings. The fourth-order valence-corrected chi connectivity index (χ4v) is 4.00. The van der Waals surface area contributed by atoms with Crippen LogP contribution in [0.15, 0.2) is 18.2 Å². The van der Waals surface area contributed by atoms with E-state index in [1.54, 1.807) is 0 Å². The lowest BCUT2D eigenvalue weighted by atomic mass is 10.2. The van der Waals surface area contributed by atoms with Crippen LogP contribution >= 0.6 is 0 Å². The second-order valence-electron chi connectivity index (χ2n) is 4.02. The number of aromatic carboxylic acids is 1. The Hall–Kier alpha value is -1.68. The normalized spacial score (nSPS) is 12.1. The van der Waals surface area contributed by atoms with Crippen LogP contribution in [0, 0.1) is 5.82 Å². The summed E-state index contributed by atoms with van der Waals surface area (Å²) in [5, 5.41) is 8.83. The number of carboxylic acid groups (broad SMARTS) is 1. The SMILES string of the molecule is CS(=O)(=O)CCS(=O)(=O)Nc1cccc(F)c1C(=O)O. The Morgan fingerprint density at radius 1 is 1.25 bits per heavy atom. The van der Waals surface area contributed by atoms with Gasteiger partial charge in [0.05, 0.1) is 17.2 Å². The lowest BCUT2D eigenvalue weighted by Gasteiger charge is -2.10. The van der Waals surface area contributed by atoms with Crippen LogP contribution in [-0.4, -0.2) is 45.7 Å². The van der Waals surface area contributed by atoms with Crippen molar-refractivity contribution in [1.29, 1.82) is 0 Å². The molecule has 0 saturated carbocycles. The number of carbonyl (C=O) groups is 1. The average molecular weight is 325 g/mol. The van der Waals surface area contributed by atoms with Crippen LogP contribution in [0.4, 0.5) is 10.1 Å². The standard InChI is InChI=1S/C10H12FNO6S2/c1-19(15,16)5-6-20(17,18)12-8-4-2-3-7(11)9(8)10(13)14/h2-4,12H,5-6H2,1H3,(H,13,14). The summed E-state index contributed by atoms with van der Waals surface area (Å²) in [5.74, 6) is -4.11. The van der Waals surface area contributed by atoms with Gasteiger partial charge in [-0.15, -0.1) is 0 Å². The largest absolute Gasteiger partial charge is 0.478 e. The zero-order valence-corrected chi connectivity index (χ0v) is 12.0. The predicted octanol–water partition coefficient (Wildman–Crippen LogP) is 0.310. The van der Waals surface area contributed by atoms with E-state index < -0.39 is 54.4 Å². The van der Waals surface area contributed by atoms with Crippen LogP contribution in [0.2, 0.25) is 0 Å². The van der Waals surface area contributed by atoms with Crippen molar-refractivity contribution >= 4 is 31.5 Å². The zero-order valence-electron chi connectivity index (χ0n) is 10.3. The fraction of sp³-hybridized carbons (Fsp3) is 0.300. The number of halogens is 1. The first kappa shape index (κ1) is 16.4. The predicted molar refractivity (Wildman–Crippen MR) is 70.5 cm³/mol. The topological polar surface area (TPSA) is 118 Å². The van der Waals surface area contributed by atoms with E-state index in [0.29, 0.717) is 0 Å². The van der Waals surface area contributed by atoms with Gasteiger partial charge in [0, 0.05) is 6.26 Å². The van der Waals surface area contributed by atoms with E-state index >= 15 is 0 Å². The Morgan fingerprint density at radius 2 is 1.85 bits per heavy atom. The van der Waals surface area contributed by atoms with Crippen molar-refractivity contribution < 1.29 is 31.1 Å². The molecular weight excluding hydrogens is 313 g/mol. The zero-order chi connectivity index (χ0) is 15.6. The van der Waals surface area contributed by atoms with Gasteiger partial charge in [0.1, 0.15) is 21.2 Å². The van der Waals surface area contributed by atoms with Crippen LogP contribution in [0.5, 0.6) is 0 Å². The molecule has 20 heavy (non-hydrogen) atoms. The Bertz CT molecular complexity index is 726. The van der Waals surface area contributed by atoms with Crippen molar-refractivity contribution in [3.05, 3.63) is 29.6 Å². The lowest BCUT2D eigenvalue weighted by molar-refractivity contribution is 0.0693. The first-order chi connectivity index (χ1) is 9.02. The van der Waals surface area contributed by atoms with Crippen molar-refractivity contribution in [2.45, 2.75) is 0 Å². The smallest absolute Gasteiger partial charge is 0.340 e. The molecule has 10 heteroatoms. The molecule has 0 unspecified atom stereocenters. The summed E-state index contributed by atoms with van der Waals surface area (Å²) >= 11 is 0. The quantitative estimate of drug-likeness (QED) is 0.777. The van der Waals surface area contributed by atoms with E-state index in [9.17, 15) is 26.0 Å². The van der Waals surface area contributed by atoms with Crippen LogP contribution in [0.1, 0.15) is 10.4 Å². The highest BCUT2D eigenvalue weighted by Crippen LogP contribution is 2.20. The second kappa shape index (κ2) is 5.75. The van der Waals surface area contributed by atoms with Crippen molar-refractivity contribution in [2.75, 3.05) is 22.5 Å². The van der Waals surface area contributed by atoms with Gasteiger partial charge in [0.25, 0.3) is 0 Å². The molecule has 0 bridgehead atoms. The van der Waals surface area contributed by atoms with Gasteiger partial charge in [-0.1, -0.05) is 6.07 Å². The van der Waals surface area contributed by atoms with Gasteiger partial charge in [-0.3, -0.25) is 4.72 Å². The molecule has 1 rings (SSSR count). The lowest BCUT2D eigenvalue weighted by Crippen LogP contribution is -2.23. The molecule has 0 radical (unpaired) electrons. The highest BCUT2D eigenvalue weighted by Gasteiger charge is 2.21. The summed E-state index contributed by atoms with van der Waals surface area (Å²) in [4.78, 5) is 10.9. The summed E-state index contributed by atoms with van der Waals surface area (Å²) in [5.41, 5.74) is -1.28. The number of benzene rings is 1. The van der Waals surface area contributed by atoms with Gasteiger partial charge in [-0.25, -0.2) is 26.0 Å². The molecule has 0 heterocycles. The molecule has 0 saturated heterocycles. The van der Waals surface area contributed by atoms with Gasteiger partial charge in [-0.05, 0) is 12.1 Å². The monoisotopic (exact) mass is 325 g/mol. The summed E-state index contributed by atoms with van der Waals surface area (Å²) in [7, 11) is -7.59. The van der Waals surface area contributed by atoms with Gasteiger partial charge >= 0.3 is 5.97 Å². The molecule has 112 valence electrons. The first-order valence-electron chi connectivity index (χ1n) is 5.22. The molecular formula is C10H12FNO6S2. The number of hydrogen-bond acceptors (Lipinski definition) is 5. The number of rotatable bonds is 6. The number of sulfonamides is 1. The summed E-state index contributed by atoms with van der Waals surface area (Å²) in [6.45, 7) is 0. The van der Waals surface area contributed by atoms with E-state index in [2.05, 4.69) is 0 Å². The third-order valence-corrected chi connectivity index (χ3v) is 4.69. The first-order valence-corrected chi connectivity index (χ1v) is 8.93. The molecule has 7 nitrogen and oxygen atoms in total. The minimum atomic E-state index is -4.10. The average Bonchev–Trinajstić information content (AvgIpc) is 2.24. The van der Waals surface area contributed by atoms with Crippen LogP contribution in [0.25, 0.3) is 0 Å². The molecule has 2 N–H and O–H groups in total. The fourth-order valence-electron chi connectivity index (χ4n) is 1.31. The molecule has 0 amide bonds. The highest BCUT2D eigenvalue weighted by molar-refractivity contribution is 7.95. The van der Waals surface area contributed by atoms with E-state index in [1.165, 1.54) is 0 Å².